The Morgan fingerprint density at radius 2 is 1.23 bits per heavy atom. The molecule has 0 aliphatic carbocycles. The van der Waals surface area contributed by atoms with Crippen LogP contribution in [-0.2, 0) is 0 Å². The molecule has 0 radical (unpaired) electrons. The molecule has 0 aromatic heterocycles. The first-order valence-corrected chi connectivity index (χ1v) is 23.0. The zero-order valence-electron chi connectivity index (χ0n) is 9.39. The van der Waals surface area contributed by atoms with Crippen molar-refractivity contribution in [1.82, 2.24) is 0 Å². The number of hydrogen-bond donors (Lipinski definition) is 0. The molecule has 2 heteroatoms. The summed E-state index contributed by atoms with van der Waals surface area (Å²) in [5.74, 6) is 12.8. The van der Waals surface area contributed by atoms with E-state index in [4.69, 9.17) is 0 Å². The molecule has 0 spiro atoms. The average Bonchev–Trinajstić information content (AvgIpc) is 2.04. The quantitative estimate of drug-likeness (QED) is 0.736. The van der Waals surface area contributed by atoms with E-state index in [0.29, 0.717) is 0 Å². The number of benzene rings is 1. The van der Waals surface area contributed by atoms with Gasteiger partial charge in [-0.25, -0.2) is 0 Å². The molecule has 0 fully saturated rings. The molecule has 0 N–H and O–H groups in total. The minimum atomic E-state index is -1.62. The van der Waals surface area contributed by atoms with Crippen LogP contribution in [0.3, 0.4) is 0 Å². The van der Waals surface area contributed by atoms with Gasteiger partial charge in [0.15, 0.2) is 0 Å². The second kappa shape index (κ2) is 3.81. The van der Waals surface area contributed by atoms with E-state index in [0.717, 1.165) is 0 Å². The predicted octanol–water partition coefficient (Wildman–Crippen LogP) is 3.02. The van der Waals surface area contributed by atoms with Gasteiger partial charge in [-0.3, -0.25) is 0 Å². The first-order chi connectivity index (χ1) is 5.86. The summed E-state index contributed by atoms with van der Waals surface area (Å²) in [5.41, 5.74) is 0. The van der Waals surface area contributed by atoms with Crippen LogP contribution in [0.15, 0.2) is 30.3 Å². The summed E-state index contributed by atoms with van der Waals surface area (Å²) in [5, 5.41) is 0. The third-order valence-electron chi connectivity index (χ3n) is 3.37. The fourth-order valence-corrected chi connectivity index (χ4v) is 16.5. The summed E-state index contributed by atoms with van der Waals surface area (Å²) in [6.45, 7) is 0. The van der Waals surface area contributed by atoms with Crippen molar-refractivity contribution in [2.45, 2.75) is 28.8 Å². The summed E-state index contributed by atoms with van der Waals surface area (Å²) >= 11 is -3.06. The monoisotopic (exact) mass is 300 g/mol. The molecule has 1 aromatic rings. The van der Waals surface area contributed by atoms with Crippen LogP contribution >= 0.6 is 0 Å². The van der Waals surface area contributed by atoms with Gasteiger partial charge < -0.3 is 0 Å². The first kappa shape index (κ1) is 11.4. The minimum absolute atomic E-state index is 1.44. The van der Waals surface area contributed by atoms with Gasteiger partial charge >= 0.3 is 86.1 Å². The summed E-state index contributed by atoms with van der Waals surface area (Å²) in [7, 11) is 0. The molecular weight excluding hydrogens is 277 g/mol. The molecule has 0 unspecified atom stereocenters. The Kier molecular flexibility index (Phi) is 3.34. The van der Waals surface area contributed by atoms with E-state index in [1.165, 1.54) is 0 Å². The molecule has 13 heavy (non-hydrogen) atoms. The third-order valence-corrected chi connectivity index (χ3v) is 59.0. The number of rotatable bonds is 2. The van der Waals surface area contributed by atoms with Gasteiger partial charge in [-0.05, 0) is 0 Å². The molecule has 1 rings (SSSR count). The summed E-state index contributed by atoms with van der Waals surface area (Å²) < 4.78 is 1.69. The fourth-order valence-electron chi connectivity index (χ4n) is 1.29. The Morgan fingerprint density at radius 3 is 1.62 bits per heavy atom. The molecule has 0 bridgehead atoms. The molecule has 0 saturated heterocycles. The van der Waals surface area contributed by atoms with Crippen molar-refractivity contribution in [3.05, 3.63) is 30.3 Å². The van der Waals surface area contributed by atoms with Crippen LogP contribution < -0.4 is 4.40 Å². The molecule has 0 heterocycles. The molecule has 0 nitrogen and oxygen atoms in total. The summed E-state index contributed by atoms with van der Waals surface area (Å²) in [6.07, 6.45) is 0. The molecule has 0 atom stereocenters. The molecule has 0 amide bonds. The maximum atomic E-state index is 2.58. The molecule has 0 aliphatic heterocycles. The van der Waals surface area contributed by atoms with Crippen molar-refractivity contribution in [1.29, 1.82) is 0 Å². The zero-order valence-corrected chi connectivity index (χ0v) is 13.6. The van der Waals surface area contributed by atoms with Gasteiger partial charge in [0, 0.05) is 0 Å². The van der Waals surface area contributed by atoms with Gasteiger partial charge in [0.05, 0.1) is 0 Å². The average molecular weight is 298 g/mol. The van der Waals surface area contributed by atoms with E-state index in [1.54, 1.807) is 4.40 Å². The van der Waals surface area contributed by atoms with Crippen LogP contribution in [0, 0.1) is 0 Å². The van der Waals surface area contributed by atoms with Crippen molar-refractivity contribution in [3.8, 4) is 0 Å². The molecular formula is C11H20Ge2. The van der Waals surface area contributed by atoms with Crippen molar-refractivity contribution in [2.75, 3.05) is 0 Å². The van der Waals surface area contributed by atoms with Crippen LogP contribution in [0.5, 0.6) is 0 Å². The Bertz CT molecular complexity index is 270. The van der Waals surface area contributed by atoms with Crippen molar-refractivity contribution < 1.29 is 0 Å². The van der Waals surface area contributed by atoms with Gasteiger partial charge in [0.2, 0.25) is 0 Å². The predicted molar refractivity (Wildman–Crippen MR) is 66.9 cm³/mol. The Hall–Kier alpha value is 0.306. The summed E-state index contributed by atoms with van der Waals surface area (Å²) in [4.78, 5) is 0. The van der Waals surface area contributed by atoms with Crippen LogP contribution in [0.2, 0.25) is 28.8 Å². The van der Waals surface area contributed by atoms with Crippen LogP contribution in [-0.4, -0.2) is 22.6 Å². The molecule has 0 saturated carbocycles. The van der Waals surface area contributed by atoms with Crippen molar-refractivity contribution in [3.63, 3.8) is 0 Å². The number of hydrogen-bond acceptors (Lipinski definition) is 0. The van der Waals surface area contributed by atoms with E-state index in [9.17, 15) is 0 Å². The standard InChI is InChI=1S/C11H20Ge2/c1-12(2,3)13(4,5)11-9-7-6-8-10-11/h6-10H,1-5H3. The van der Waals surface area contributed by atoms with E-state index in [2.05, 4.69) is 59.1 Å². The normalized spacial score (nSPS) is 13.0. The SMILES string of the molecule is [CH3][Ge]([CH3])([CH3])[Ge]([CH3])([CH3])[c]1ccccc1. The molecule has 1 aromatic carbocycles. The third kappa shape index (κ3) is 2.41. The van der Waals surface area contributed by atoms with Gasteiger partial charge in [0.1, 0.15) is 0 Å². The van der Waals surface area contributed by atoms with E-state index >= 15 is 0 Å². The molecule has 72 valence electrons. The van der Waals surface area contributed by atoms with Gasteiger partial charge in [-0.15, -0.1) is 0 Å². The van der Waals surface area contributed by atoms with Crippen molar-refractivity contribution in [2.24, 2.45) is 0 Å². The van der Waals surface area contributed by atoms with Crippen LogP contribution in [0.25, 0.3) is 0 Å². The Morgan fingerprint density at radius 1 is 0.769 bits per heavy atom. The van der Waals surface area contributed by atoms with Gasteiger partial charge in [-0.2, -0.15) is 0 Å². The van der Waals surface area contributed by atoms with Crippen molar-refractivity contribution >= 4 is 27.0 Å². The van der Waals surface area contributed by atoms with E-state index in [1.807, 2.05) is 0 Å². The zero-order chi connectivity index (χ0) is 10.1. The molecule has 0 aliphatic rings. The first-order valence-electron chi connectivity index (χ1n) is 4.91. The topological polar surface area (TPSA) is 0 Å². The van der Waals surface area contributed by atoms with E-state index < -0.39 is 22.6 Å². The van der Waals surface area contributed by atoms with Crippen LogP contribution in [0.1, 0.15) is 0 Å². The Balaban J connectivity index is 3.08. The van der Waals surface area contributed by atoms with Gasteiger partial charge in [-0.1, -0.05) is 0 Å². The fraction of sp³-hybridized carbons (Fsp3) is 0.455. The summed E-state index contributed by atoms with van der Waals surface area (Å²) in [6, 6.07) is 11.2. The second-order valence-corrected chi connectivity index (χ2v) is 52.7. The maximum absolute atomic E-state index is 2.58. The Labute approximate surface area is 85.9 Å². The van der Waals surface area contributed by atoms with Crippen LogP contribution in [0.4, 0.5) is 0 Å². The van der Waals surface area contributed by atoms with Gasteiger partial charge in [0.25, 0.3) is 0 Å². The second-order valence-electron chi connectivity index (χ2n) is 5.24. The van der Waals surface area contributed by atoms with E-state index in [-0.39, 0.29) is 0 Å².